The van der Waals surface area contributed by atoms with Gasteiger partial charge in [-0.05, 0) is 25.5 Å². The van der Waals surface area contributed by atoms with Crippen LogP contribution in [0.4, 0.5) is 5.82 Å². The van der Waals surface area contributed by atoms with Crippen LogP contribution in [0.2, 0.25) is 0 Å². The molecule has 5 heteroatoms. The largest absolute Gasteiger partial charge is 0.364 e. The summed E-state index contributed by atoms with van der Waals surface area (Å²) >= 11 is 0. The molecule has 2 heterocycles. The second-order valence-electron chi connectivity index (χ2n) is 3.71. The van der Waals surface area contributed by atoms with Crippen molar-refractivity contribution < 1.29 is 0 Å². The molecule has 0 saturated heterocycles. The molecule has 2 aromatic rings. The van der Waals surface area contributed by atoms with Gasteiger partial charge in [-0.25, -0.2) is 9.97 Å². The van der Waals surface area contributed by atoms with Gasteiger partial charge in [-0.3, -0.25) is 0 Å². The van der Waals surface area contributed by atoms with E-state index < -0.39 is 0 Å². The molecule has 0 aliphatic heterocycles. The summed E-state index contributed by atoms with van der Waals surface area (Å²) in [7, 11) is 0. The van der Waals surface area contributed by atoms with Crippen LogP contribution in [0, 0.1) is 6.92 Å². The predicted octanol–water partition coefficient (Wildman–Crippen LogP) is 1.75. The van der Waals surface area contributed by atoms with E-state index in [-0.39, 0.29) is 0 Å². The van der Waals surface area contributed by atoms with Gasteiger partial charge < -0.3 is 5.32 Å². The summed E-state index contributed by atoms with van der Waals surface area (Å²) in [5.41, 5.74) is 1.93. The summed E-state index contributed by atoms with van der Waals surface area (Å²) in [6.45, 7) is 4.59. The molecule has 2 aromatic heterocycles. The first-order valence-corrected chi connectivity index (χ1v) is 5.63. The molecule has 0 aromatic carbocycles. The maximum Gasteiger partial charge on any atom is 0.130 e. The van der Waals surface area contributed by atoms with Gasteiger partial charge in [-0.2, -0.15) is 10.2 Å². The van der Waals surface area contributed by atoms with Crippen LogP contribution < -0.4 is 5.32 Å². The van der Waals surface area contributed by atoms with Gasteiger partial charge in [0.25, 0.3) is 0 Å². The SMILES string of the molecule is CCc1cc(NCc2cccnn2)nc(C)n1. The molecule has 0 fully saturated rings. The average Bonchev–Trinajstić information content (AvgIpc) is 2.37. The van der Waals surface area contributed by atoms with Gasteiger partial charge in [0, 0.05) is 18.0 Å². The molecule has 0 radical (unpaired) electrons. The van der Waals surface area contributed by atoms with E-state index in [0.29, 0.717) is 6.54 Å². The van der Waals surface area contributed by atoms with Crippen molar-refractivity contribution in [3.8, 4) is 0 Å². The van der Waals surface area contributed by atoms with E-state index in [1.54, 1.807) is 6.20 Å². The number of hydrogen-bond donors (Lipinski definition) is 1. The van der Waals surface area contributed by atoms with Gasteiger partial charge in [-0.15, -0.1) is 0 Å². The maximum absolute atomic E-state index is 4.33. The molecule has 0 unspecified atom stereocenters. The van der Waals surface area contributed by atoms with Crippen molar-refractivity contribution >= 4 is 5.82 Å². The van der Waals surface area contributed by atoms with Gasteiger partial charge in [0.15, 0.2) is 0 Å². The Kier molecular flexibility index (Phi) is 3.59. The van der Waals surface area contributed by atoms with E-state index in [1.807, 2.05) is 25.1 Å². The Balaban J connectivity index is 2.06. The van der Waals surface area contributed by atoms with E-state index in [4.69, 9.17) is 0 Å². The Morgan fingerprint density at radius 1 is 1.24 bits per heavy atom. The van der Waals surface area contributed by atoms with Crippen LogP contribution in [0.15, 0.2) is 24.4 Å². The van der Waals surface area contributed by atoms with Crippen LogP contribution in [0.25, 0.3) is 0 Å². The first-order chi connectivity index (χ1) is 8.28. The first kappa shape index (κ1) is 11.4. The van der Waals surface area contributed by atoms with Crippen LogP contribution in [-0.2, 0) is 13.0 Å². The van der Waals surface area contributed by atoms with Gasteiger partial charge in [0.2, 0.25) is 0 Å². The molecule has 0 aliphatic carbocycles. The lowest BCUT2D eigenvalue weighted by atomic mass is 10.3. The highest BCUT2D eigenvalue weighted by Gasteiger charge is 2.00. The predicted molar refractivity (Wildman–Crippen MR) is 65.5 cm³/mol. The van der Waals surface area contributed by atoms with Crippen molar-refractivity contribution in [1.29, 1.82) is 0 Å². The zero-order chi connectivity index (χ0) is 12.1. The fourth-order valence-electron chi connectivity index (χ4n) is 1.51. The minimum atomic E-state index is 0.618. The van der Waals surface area contributed by atoms with E-state index in [0.717, 1.165) is 29.5 Å². The van der Waals surface area contributed by atoms with Gasteiger partial charge in [-0.1, -0.05) is 6.92 Å². The highest BCUT2D eigenvalue weighted by molar-refractivity contribution is 5.36. The Labute approximate surface area is 100 Å². The normalized spacial score (nSPS) is 10.2. The molecule has 0 saturated carbocycles. The van der Waals surface area contributed by atoms with Crippen LogP contribution in [0.1, 0.15) is 24.1 Å². The number of anilines is 1. The van der Waals surface area contributed by atoms with Crippen LogP contribution in [0.3, 0.4) is 0 Å². The average molecular weight is 229 g/mol. The number of hydrogen-bond acceptors (Lipinski definition) is 5. The molecule has 17 heavy (non-hydrogen) atoms. The lowest BCUT2D eigenvalue weighted by Gasteiger charge is -2.06. The molecular formula is C12H15N5. The number of nitrogens with one attached hydrogen (secondary N) is 1. The van der Waals surface area contributed by atoms with Crippen LogP contribution >= 0.6 is 0 Å². The molecule has 0 spiro atoms. The number of nitrogens with zero attached hydrogens (tertiary/aromatic N) is 4. The third-order valence-electron chi connectivity index (χ3n) is 2.33. The van der Waals surface area contributed by atoms with E-state index in [2.05, 4.69) is 32.4 Å². The molecule has 88 valence electrons. The third kappa shape index (κ3) is 3.21. The summed E-state index contributed by atoms with van der Waals surface area (Å²) in [6.07, 6.45) is 2.57. The maximum atomic E-state index is 4.33. The van der Waals surface area contributed by atoms with Gasteiger partial charge in [0.05, 0.1) is 12.2 Å². The van der Waals surface area contributed by atoms with Gasteiger partial charge >= 0.3 is 0 Å². The summed E-state index contributed by atoms with van der Waals surface area (Å²) in [6, 6.07) is 5.75. The van der Waals surface area contributed by atoms with E-state index >= 15 is 0 Å². The van der Waals surface area contributed by atoms with Crippen molar-refractivity contribution in [3.05, 3.63) is 41.6 Å². The standard InChI is InChI=1S/C12H15N5/c1-3-10-7-12(16-9(2)15-10)13-8-11-5-4-6-14-17-11/h4-7H,3,8H2,1-2H3,(H,13,15,16). The summed E-state index contributed by atoms with van der Waals surface area (Å²) < 4.78 is 0. The third-order valence-corrected chi connectivity index (χ3v) is 2.33. The Morgan fingerprint density at radius 2 is 2.12 bits per heavy atom. The molecule has 0 amide bonds. The second kappa shape index (κ2) is 5.34. The fraction of sp³-hybridized carbons (Fsp3) is 0.333. The van der Waals surface area contributed by atoms with Crippen molar-refractivity contribution in [3.63, 3.8) is 0 Å². The molecule has 1 N–H and O–H groups in total. The lowest BCUT2D eigenvalue weighted by molar-refractivity contribution is 0.905. The number of aromatic nitrogens is 4. The molecule has 0 atom stereocenters. The zero-order valence-corrected chi connectivity index (χ0v) is 10.0. The van der Waals surface area contributed by atoms with Crippen molar-refractivity contribution in [2.24, 2.45) is 0 Å². The summed E-state index contributed by atoms with van der Waals surface area (Å²) in [5.74, 6) is 1.62. The first-order valence-electron chi connectivity index (χ1n) is 5.63. The fourth-order valence-corrected chi connectivity index (χ4v) is 1.51. The van der Waals surface area contributed by atoms with Crippen LogP contribution in [-0.4, -0.2) is 20.2 Å². The molecule has 5 nitrogen and oxygen atoms in total. The van der Waals surface area contributed by atoms with E-state index in [1.165, 1.54) is 0 Å². The van der Waals surface area contributed by atoms with Crippen molar-refractivity contribution in [2.75, 3.05) is 5.32 Å². The zero-order valence-electron chi connectivity index (χ0n) is 10.0. The quantitative estimate of drug-likeness (QED) is 0.865. The second-order valence-corrected chi connectivity index (χ2v) is 3.71. The Morgan fingerprint density at radius 3 is 2.82 bits per heavy atom. The Hall–Kier alpha value is -2.04. The summed E-state index contributed by atoms with van der Waals surface area (Å²) in [4.78, 5) is 8.65. The van der Waals surface area contributed by atoms with Gasteiger partial charge in [0.1, 0.15) is 11.6 Å². The number of rotatable bonds is 4. The minimum Gasteiger partial charge on any atom is -0.364 e. The smallest absolute Gasteiger partial charge is 0.130 e. The topological polar surface area (TPSA) is 63.6 Å². The highest BCUT2D eigenvalue weighted by atomic mass is 15.1. The Bertz CT molecular complexity index is 484. The number of aryl methyl sites for hydroxylation is 2. The van der Waals surface area contributed by atoms with Crippen molar-refractivity contribution in [2.45, 2.75) is 26.8 Å². The lowest BCUT2D eigenvalue weighted by Crippen LogP contribution is -2.06. The van der Waals surface area contributed by atoms with E-state index in [9.17, 15) is 0 Å². The summed E-state index contributed by atoms with van der Waals surface area (Å²) in [5, 5.41) is 11.1. The monoisotopic (exact) mass is 229 g/mol. The highest BCUT2D eigenvalue weighted by Crippen LogP contribution is 2.08. The molecule has 2 rings (SSSR count). The van der Waals surface area contributed by atoms with Crippen molar-refractivity contribution in [1.82, 2.24) is 20.2 Å². The molecule has 0 aliphatic rings. The molecule has 0 bridgehead atoms. The molecular weight excluding hydrogens is 214 g/mol. The van der Waals surface area contributed by atoms with Crippen LogP contribution in [0.5, 0.6) is 0 Å². The minimum absolute atomic E-state index is 0.618.